The van der Waals surface area contributed by atoms with Crippen molar-refractivity contribution in [1.29, 1.82) is 0 Å². The lowest BCUT2D eigenvalue weighted by Gasteiger charge is -2.16. The van der Waals surface area contributed by atoms with E-state index in [0.717, 1.165) is 0 Å². The third-order valence-corrected chi connectivity index (χ3v) is 3.26. The maximum absolute atomic E-state index is 9.99. The number of aromatic nitrogens is 4. The molecule has 2 aromatic rings. The van der Waals surface area contributed by atoms with E-state index in [9.17, 15) is 10.2 Å². The first kappa shape index (κ1) is 13.0. The first-order chi connectivity index (χ1) is 9.52. The number of nitrogens with zero attached hydrogens (tertiary/aromatic N) is 4. The van der Waals surface area contributed by atoms with Crippen molar-refractivity contribution in [1.82, 2.24) is 19.5 Å². The highest BCUT2D eigenvalue weighted by molar-refractivity contribution is 5.82. The van der Waals surface area contributed by atoms with E-state index in [0.29, 0.717) is 5.52 Å². The molecule has 20 heavy (non-hydrogen) atoms. The predicted octanol–water partition coefficient (Wildman–Crippen LogP) is -2.40. The van der Waals surface area contributed by atoms with E-state index >= 15 is 0 Å². The lowest BCUT2D eigenvalue weighted by molar-refractivity contribution is -0.0511. The highest BCUT2D eigenvalue weighted by atomic mass is 16.6. The van der Waals surface area contributed by atoms with Crippen LogP contribution >= 0.6 is 0 Å². The van der Waals surface area contributed by atoms with E-state index < -0.39 is 31.1 Å². The minimum Gasteiger partial charge on any atom is -0.394 e. The van der Waals surface area contributed by atoms with Gasteiger partial charge in [0.1, 0.15) is 23.8 Å². The Morgan fingerprint density at radius 1 is 1.25 bits per heavy atom. The van der Waals surface area contributed by atoms with Crippen LogP contribution in [0.5, 0.6) is 0 Å². The van der Waals surface area contributed by atoms with Gasteiger partial charge < -0.3 is 31.5 Å². The van der Waals surface area contributed by atoms with Crippen molar-refractivity contribution in [2.45, 2.75) is 24.5 Å². The van der Waals surface area contributed by atoms with Crippen LogP contribution < -0.4 is 11.5 Å². The summed E-state index contributed by atoms with van der Waals surface area (Å²) in [6, 6.07) is 0. The Balaban J connectivity index is 2.07. The molecule has 4 atom stereocenters. The number of anilines is 2. The zero-order valence-corrected chi connectivity index (χ0v) is 10.3. The first-order valence-corrected chi connectivity index (χ1v) is 5.91. The fourth-order valence-electron chi connectivity index (χ4n) is 2.25. The molecule has 0 radical (unpaired) electrons. The second-order valence-electron chi connectivity index (χ2n) is 4.52. The van der Waals surface area contributed by atoms with Gasteiger partial charge >= 0.3 is 0 Å². The van der Waals surface area contributed by atoms with Crippen LogP contribution in [0.1, 0.15) is 6.23 Å². The molecule has 10 nitrogen and oxygen atoms in total. The number of nitrogen functional groups attached to an aromatic ring is 2. The van der Waals surface area contributed by atoms with Gasteiger partial charge in [-0.2, -0.15) is 9.97 Å². The van der Waals surface area contributed by atoms with Crippen LogP contribution in [0.15, 0.2) is 6.33 Å². The van der Waals surface area contributed by atoms with Gasteiger partial charge in [-0.25, -0.2) is 4.98 Å². The monoisotopic (exact) mass is 282 g/mol. The number of rotatable bonds is 2. The minimum absolute atomic E-state index is 0.0384. The lowest BCUT2D eigenvalue weighted by atomic mass is 10.1. The molecule has 7 N–H and O–H groups in total. The van der Waals surface area contributed by atoms with Crippen LogP contribution in [0.3, 0.4) is 0 Å². The van der Waals surface area contributed by atoms with Gasteiger partial charge in [0, 0.05) is 0 Å². The van der Waals surface area contributed by atoms with E-state index in [4.69, 9.17) is 21.3 Å². The Labute approximate surface area is 112 Å². The maximum atomic E-state index is 9.99. The fourth-order valence-corrected chi connectivity index (χ4v) is 2.25. The molecular formula is C10H14N6O4. The first-order valence-electron chi connectivity index (χ1n) is 5.91. The third kappa shape index (κ3) is 1.78. The topological polar surface area (TPSA) is 166 Å². The molecule has 1 fully saturated rings. The molecule has 108 valence electrons. The molecular weight excluding hydrogens is 268 g/mol. The number of aliphatic hydroxyl groups is 3. The van der Waals surface area contributed by atoms with Gasteiger partial charge in [-0.3, -0.25) is 4.57 Å². The molecule has 0 aromatic carbocycles. The molecule has 10 heteroatoms. The lowest BCUT2D eigenvalue weighted by Crippen LogP contribution is -2.33. The van der Waals surface area contributed by atoms with Crippen LogP contribution in [0, 0.1) is 0 Å². The standard InChI is InChI=1S/C10H14N6O4/c11-7-4-8(15-10(12)14-7)16(2-13-4)9-6(19)5(18)3(1-17)20-9/h2-3,5-6,9,17-19H,1H2,(H4,11,12,14,15)/t3-,5-,6+,9-/m0/s1. The molecule has 1 aliphatic heterocycles. The SMILES string of the molecule is Nc1nc(N)c2ncn([C@H]3O[C@@H](CO)[C@H](O)[C@H]3O)c2n1. The molecule has 1 saturated heterocycles. The maximum Gasteiger partial charge on any atom is 0.224 e. The predicted molar refractivity (Wildman–Crippen MR) is 67.2 cm³/mol. The van der Waals surface area contributed by atoms with Crippen molar-refractivity contribution < 1.29 is 20.1 Å². The molecule has 0 bridgehead atoms. The molecule has 0 spiro atoms. The highest BCUT2D eigenvalue weighted by Crippen LogP contribution is 2.31. The molecule has 3 heterocycles. The van der Waals surface area contributed by atoms with Crippen molar-refractivity contribution in [3.63, 3.8) is 0 Å². The number of hydrogen-bond acceptors (Lipinski definition) is 9. The van der Waals surface area contributed by atoms with Crippen LogP contribution in [0.2, 0.25) is 0 Å². The second kappa shape index (κ2) is 4.52. The van der Waals surface area contributed by atoms with Gasteiger partial charge in [-0.1, -0.05) is 0 Å². The van der Waals surface area contributed by atoms with Crippen LogP contribution in [0.4, 0.5) is 11.8 Å². The van der Waals surface area contributed by atoms with Gasteiger partial charge in [0.2, 0.25) is 5.95 Å². The van der Waals surface area contributed by atoms with Crippen molar-refractivity contribution in [2.24, 2.45) is 0 Å². The van der Waals surface area contributed by atoms with Gasteiger partial charge in [-0.05, 0) is 0 Å². The Hall–Kier alpha value is -2.01. The number of fused-ring (bicyclic) bond motifs is 1. The molecule has 0 saturated carbocycles. The summed E-state index contributed by atoms with van der Waals surface area (Å²) in [5, 5.41) is 28.8. The van der Waals surface area contributed by atoms with E-state index in [1.54, 1.807) is 0 Å². The Morgan fingerprint density at radius 2 is 2.00 bits per heavy atom. The zero-order valence-electron chi connectivity index (χ0n) is 10.3. The van der Waals surface area contributed by atoms with Crippen molar-refractivity contribution in [3.05, 3.63) is 6.33 Å². The molecule has 0 unspecified atom stereocenters. The zero-order chi connectivity index (χ0) is 14.4. The molecule has 2 aromatic heterocycles. The van der Waals surface area contributed by atoms with E-state index in [1.807, 2.05) is 0 Å². The second-order valence-corrected chi connectivity index (χ2v) is 4.52. The highest BCUT2D eigenvalue weighted by Gasteiger charge is 2.44. The summed E-state index contributed by atoms with van der Waals surface area (Å²) < 4.78 is 6.79. The van der Waals surface area contributed by atoms with E-state index in [-0.39, 0.29) is 17.4 Å². The summed E-state index contributed by atoms with van der Waals surface area (Å²) in [6.45, 7) is -0.416. The normalized spacial score (nSPS) is 30.1. The van der Waals surface area contributed by atoms with E-state index in [1.165, 1.54) is 10.9 Å². The van der Waals surface area contributed by atoms with Crippen molar-refractivity contribution in [2.75, 3.05) is 18.1 Å². The van der Waals surface area contributed by atoms with Gasteiger partial charge in [0.05, 0.1) is 12.9 Å². The Morgan fingerprint density at radius 3 is 2.65 bits per heavy atom. The van der Waals surface area contributed by atoms with Crippen LogP contribution in [-0.4, -0.2) is 59.8 Å². The Bertz CT molecular complexity index is 646. The summed E-state index contributed by atoms with van der Waals surface area (Å²) >= 11 is 0. The molecule has 0 aliphatic carbocycles. The summed E-state index contributed by atoms with van der Waals surface area (Å²) in [7, 11) is 0. The molecule has 0 amide bonds. The molecule has 1 aliphatic rings. The van der Waals surface area contributed by atoms with E-state index in [2.05, 4.69) is 15.0 Å². The number of imidazole rings is 1. The fraction of sp³-hybridized carbons (Fsp3) is 0.500. The van der Waals surface area contributed by atoms with Gasteiger partial charge in [0.15, 0.2) is 17.7 Å². The van der Waals surface area contributed by atoms with Crippen LogP contribution in [0.25, 0.3) is 11.2 Å². The average Bonchev–Trinajstić information content (AvgIpc) is 2.93. The van der Waals surface area contributed by atoms with Crippen molar-refractivity contribution >= 4 is 22.9 Å². The third-order valence-electron chi connectivity index (χ3n) is 3.26. The smallest absolute Gasteiger partial charge is 0.224 e. The van der Waals surface area contributed by atoms with Gasteiger partial charge in [0.25, 0.3) is 0 Å². The number of nitrogens with two attached hydrogens (primary N) is 2. The minimum atomic E-state index is -1.23. The average molecular weight is 282 g/mol. The number of hydrogen-bond donors (Lipinski definition) is 5. The summed E-state index contributed by atoms with van der Waals surface area (Å²) in [5.41, 5.74) is 11.8. The summed E-state index contributed by atoms with van der Waals surface area (Å²) in [5.74, 6) is 0.0708. The number of aliphatic hydroxyl groups excluding tert-OH is 3. The Kier molecular flexibility index (Phi) is 2.94. The van der Waals surface area contributed by atoms with Gasteiger partial charge in [-0.15, -0.1) is 0 Å². The quantitative estimate of drug-likeness (QED) is 0.403. The largest absolute Gasteiger partial charge is 0.394 e. The van der Waals surface area contributed by atoms with Crippen molar-refractivity contribution in [3.8, 4) is 0 Å². The summed E-state index contributed by atoms with van der Waals surface area (Å²) in [6.07, 6.45) is -2.92. The van der Waals surface area contributed by atoms with Crippen LogP contribution in [-0.2, 0) is 4.74 Å². The summed E-state index contributed by atoms with van der Waals surface area (Å²) in [4.78, 5) is 11.8. The number of ether oxygens (including phenoxy) is 1. The molecule has 3 rings (SSSR count).